The second kappa shape index (κ2) is 3.77. The average molecular weight is 213 g/mol. The zero-order valence-electron chi connectivity index (χ0n) is 8.47. The summed E-state index contributed by atoms with van der Waals surface area (Å²) in [7, 11) is 1.41. The predicted molar refractivity (Wildman–Crippen MR) is 52.8 cm³/mol. The first-order chi connectivity index (χ1) is 7.17. The summed E-state index contributed by atoms with van der Waals surface area (Å²) in [6.45, 7) is 0.532. The van der Waals surface area contributed by atoms with Crippen LogP contribution in [0.25, 0.3) is 0 Å². The summed E-state index contributed by atoms with van der Waals surface area (Å²) in [6.07, 6.45) is 0.857. The third-order valence-corrected chi connectivity index (χ3v) is 2.87. The van der Waals surface area contributed by atoms with Crippen molar-refractivity contribution in [3.8, 4) is 5.75 Å². The van der Waals surface area contributed by atoms with Gasteiger partial charge in [-0.05, 0) is 24.8 Å². The molecular formula is C11H13F2NO. The summed E-state index contributed by atoms with van der Waals surface area (Å²) in [4.78, 5) is 0. The van der Waals surface area contributed by atoms with Crippen molar-refractivity contribution in [3.05, 3.63) is 29.3 Å². The Labute approximate surface area is 87.0 Å². The number of hydrogen-bond acceptors (Lipinski definition) is 2. The monoisotopic (exact) mass is 213 g/mol. The molecule has 2 atom stereocenters. The molecule has 0 radical (unpaired) electrons. The van der Waals surface area contributed by atoms with E-state index in [9.17, 15) is 8.78 Å². The van der Waals surface area contributed by atoms with Gasteiger partial charge in [-0.25, -0.2) is 8.78 Å². The van der Waals surface area contributed by atoms with Gasteiger partial charge in [-0.15, -0.1) is 0 Å². The van der Waals surface area contributed by atoms with Crippen molar-refractivity contribution in [1.29, 1.82) is 0 Å². The summed E-state index contributed by atoms with van der Waals surface area (Å²) in [6, 6.07) is 2.11. The van der Waals surface area contributed by atoms with E-state index in [2.05, 4.69) is 0 Å². The molecule has 0 heterocycles. The molecule has 0 spiro atoms. The van der Waals surface area contributed by atoms with Crippen LogP contribution in [0.1, 0.15) is 17.9 Å². The van der Waals surface area contributed by atoms with E-state index in [0.29, 0.717) is 18.0 Å². The van der Waals surface area contributed by atoms with Crippen molar-refractivity contribution in [1.82, 2.24) is 0 Å². The summed E-state index contributed by atoms with van der Waals surface area (Å²) in [5.74, 6) is -0.469. The second-order valence-electron chi connectivity index (χ2n) is 3.84. The van der Waals surface area contributed by atoms with Gasteiger partial charge in [-0.1, -0.05) is 0 Å². The number of benzene rings is 1. The van der Waals surface area contributed by atoms with E-state index in [1.54, 1.807) is 0 Å². The molecule has 1 aromatic carbocycles. The Hall–Kier alpha value is -1.16. The lowest BCUT2D eigenvalue weighted by molar-refractivity contribution is 0.399. The van der Waals surface area contributed by atoms with Crippen molar-refractivity contribution in [3.63, 3.8) is 0 Å². The van der Waals surface area contributed by atoms with E-state index in [4.69, 9.17) is 10.5 Å². The first kappa shape index (κ1) is 10.4. The maximum Gasteiger partial charge on any atom is 0.133 e. The van der Waals surface area contributed by atoms with Crippen LogP contribution in [0.3, 0.4) is 0 Å². The minimum absolute atomic E-state index is 0.0885. The van der Waals surface area contributed by atoms with Crippen molar-refractivity contribution in [2.75, 3.05) is 13.7 Å². The SMILES string of the molecule is COc1cc(F)cc(F)c1[C@@H]1C[C@H]1CN. The normalized spacial score (nSPS) is 24.0. The lowest BCUT2D eigenvalue weighted by Crippen LogP contribution is -2.04. The van der Waals surface area contributed by atoms with E-state index in [0.717, 1.165) is 12.5 Å². The van der Waals surface area contributed by atoms with Crippen molar-refractivity contribution >= 4 is 0 Å². The van der Waals surface area contributed by atoms with Crippen LogP contribution in [0.15, 0.2) is 12.1 Å². The lowest BCUT2D eigenvalue weighted by atomic mass is 10.1. The molecule has 82 valence electrons. The summed E-state index contributed by atoms with van der Waals surface area (Å²) in [5, 5.41) is 0. The van der Waals surface area contributed by atoms with Crippen molar-refractivity contribution < 1.29 is 13.5 Å². The molecule has 0 saturated heterocycles. The van der Waals surface area contributed by atoms with E-state index in [-0.39, 0.29) is 11.7 Å². The number of rotatable bonds is 3. The number of halogens is 2. The predicted octanol–water partition coefficient (Wildman–Crippen LogP) is 2.04. The number of methoxy groups -OCH3 is 1. The Bertz CT molecular complexity index is 381. The van der Waals surface area contributed by atoms with Gasteiger partial charge >= 0.3 is 0 Å². The van der Waals surface area contributed by atoms with Gasteiger partial charge in [0.05, 0.1) is 7.11 Å². The topological polar surface area (TPSA) is 35.2 Å². The Morgan fingerprint density at radius 2 is 2.20 bits per heavy atom. The summed E-state index contributed by atoms with van der Waals surface area (Å²) in [5.41, 5.74) is 5.96. The zero-order valence-corrected chi connectivity index (χ0v) is 8.47. The average Bonchev–Trinajstić information content (AvgIpc) is 2.95. The molecular weight excluding hydrogens is 200 g/mol. The second-order valence-corrected chi connectivity index (χ2v) is 3.84. The molecule has 1 fully saturated rings. The van der Waals surface area contributed by atoms with Gasteiger partial charge in [0.1, 0.15) is 17.4 Å². The largest absolute Gasteiger partial charge is 0.496 e. The van der Waals surface area contributed by atoms with Crippen molar-refractivity contribution in [2.45, 2.75) is 12.3 Å². The molecule has 15 heavy (non-hydrogen) atoms. The highest BCUT2D eigenvalue weighted by Crippen LogP contribution is 2.50. The molecule has 0 bridgehead atoms. The van der Waals surface area contributed by atoms with E-state index < -0.39 is 11.6 Å². The van der Waals surface area contributed by atoms with Gasteiger partial charge in [0.25, 0.3) is 0 Å². The zero-order chi connectivity index (χ0) is 11.0. The third kappa shape index (κ3) is 1.81. The minimum Gasteiger partial charge on any atom is -0.496 e. The van der Waals surface area contributed by atoms with Crippen molar-refractivity contribution in [2.24, 2.45) is 11.7 Å². The number of hydrogen-bond donors (Lipinski definition) is 1. The highest BCUT2D eigenvalue weighted by molar-refractivity contribution is 5.41. The van der Waals surface area contributed by atoms with Crippen LogP contribution in [0.5, 0.6) is 5.75 Å². The summed E-state index contributed by atoms with van der Waals surface area (Å²) < 4.78 is 31.4. The molecule has 2 rings (SSSR count). The molecule has 1 aliphatic rings. The Balaban J connectivity index is 2.37. The van der Waals surface area contributed by atoms with Gasteiger partial charge in [-0.3, -0.25) is 0 Å². The van der Waals surface area contributed by atoms with Gasteiger partial charge in [-0.2, -0.15) is 0 Å². The molecule has 1 saturated carbocycles. The Morgan fingerprint density at radius 1 is 1.47 bits per heavy atom. The molecule has 1 aromatic rings. The van der Waals surface area contributed by atoms with E-state index in [1.165, 1.54) is 13.2 Å². The van der Waals surface area contributed by atoms with Gasteiger partial charge in [0, 0.05) is 17.7 Å². The molecule has 2 N–H and O–H groups in total. The minimum atomic E-state index is -0.613. The van der Waals surface area contributed by atoms with Crippen LogP contribution in [0.2, 0.25) is 0 Å². The maximum atomic E-state index is 13.5. The fourth-order valence-electron chi connectivity index (χ4n) is 1.95. The highest BCUT2D eigenvalue weighted by atomic mass is 19.1. The molecule has 1 aliphatic carbocycles. The smallest absolute Gasteiger partial charge is 0.133 e. The third-order valence-electron chi connectivity index (χ3n) is 2.87. The van der Waals surface area contributed by atoms with Crippen LogP contribution in [0.4, 0.5) is 8.78 Å². The van der Waals surface area contributed by atoms with Crippen LogP contribution in [-0.2, 0) is 0 Å². The highest BCUT2D eigenvalue weighted by Gasteiger charge is 2.40. The standard InChI is InChI=1S/C11H13F2NO/c1-15-10-4-7(12)3-9(13)11(10)8-2-6(8)5-14/h3-4,6,8H,2,5,14H2,1H3/t6-,8+/m0/s1. The Morgan fingerprint density at radius 3 is 2.73 bits per heavy atom. The summed E-state index contributed by atoms with van der Waals surface area (Å²) >= 11 is 0. The van der Waals surface area contributed by atoms with Crippen LogP contribution < -0.4 is 10.5 Å². The quantitative estimate of drug-likeness (QED) is 0.833. The molecule has 0 amide bonds. The first-order valence-corrected chi connectivity index (χ1v) is 4.90. The van der Waals surface area contributed by atoms with E-state index >= 15 is 0 Å². The van der Waals surface area contributed by atoms with Crippen LogP contribution >= 0.6 is 0 Å². The first-order valence-electron chi connectivity index (χ1n) is 4.90. The maximum absolute atomic E-state index is 13.5. The van der Waals surface area contributed by atoms with E-state index in [1.807, 2.05) is 0 Å². The fraction of sp³-hybridized carbons (Fsp3) is 0.455. The molecule has 2 nitrogen and oxygen atoms in total. The fourth-order valence-corrected chi connectivity index (χ4v) is 1.95. The molecule has 4 heteroatoms. The molecule has 0 unspecified atom stereocenters. The van der Waals surface area contributed by atoms with Crippen LogP contribution in [-0.4, -0.2) is 13.7 Å². The van der Waals surface area contributed by atoms with Crippen LogP contribution in [0, 0.1) is 17.6 Å². The van der Waals surface area contributed by atoms with Gasteiger partial charge in [0.15, 0.2) is 0 Å². The molecule has 0 aliphatic heterocycles. The molecule has 0 aromatic heterocycles. The van der Waals surface area contributed by atoms with Gasteiger partial charge in [0.2, 0.25) is 0 Å². The van der Waals surface area contributed by atoms with Gasteiger partial charge < -0.3 is 10.5 Å². The Kier molecular flexibility index (Phi) is 2.61. The number of nitrogens with two attached hydrogens (primary N) is 1. The lowest BCUT2D eigenvalue weighted by Gasteiger charge is -2.09. The number of ether oxygens (including phenoxy) is 1.